The molecule has 8 nitrogen and oxygen atoms in total. The number of ether oxygens (including phenoxy) is 3. The normalized spacial score (nSPS) is 16.1. The molecule has 1 unspecified atom stereocenters. The summed E-state index contributed by atoms with van der Waals surface area (Å²) in [5.74, 6) is -0.0142. The third-order valence-electron chi connectivity index (χ3n) is 5.14. The Labute approximate surface area is 187 Å². The molecular weight excluding hydrogens is 414 g/mol. The molecule has 1 aromatic heterocycles. The third kappa shape index (κ3) is 4.65. The van der Waals surface area contributed by atoms with Crippen molar-refractivity contribution < 1.29 is 33.3 Å². The first-order chi connectivity index (χ1) is 15.4. The lowest BCUT2D eigenvalue weighted by atomic mass is 9.94. The van der Waals surface area contributed by atoms with Crippen molar-refractivity contribution in [3.8, 4) is 11.5 Å². The molecule has 2 heterocycles. The number of aliphatic hydroxyl groups is 1. The number of rotatable bonds is 11. The summed E-state index contributed by atoms with van der Waals surface area (Å²) in [7, 11) is 1.58. The molecule has 1 amide bonds. The molecule has 0 saturated carbocycles. The van der Waals surface area contributed by atoms with Crippen molar-refractivity contribution in [3.05, 3.63) is 58.7 Å². The number of hydrogen-bond donors (Lipinski definition) is 1. The molecule has 0 saturated heterocycles. The van der Waals surface area contributed by atoms with E-state index in [1.165, 1.54) is 11.0 Å². The van der Waals surface area contributed by atoms with E-state index in [-0.39, 0.29) is 11.3 Å². The summed E-state index contributed by atoms with van der Waals surface area (Å²) in [5.41, 5.74) is 0.603. The van der Waals surface area contributed by atoms with Crippen LogP contribution in [0.3, 0.4) is 0 Å². The van der Waals surface area contributed by atoms with E-state index in [0.717, 1.165) is 0 Å². The molecule has 1 atom stereocenters. The van der Waals surface area contributed by atoms with Crippen molar-refractivity contribution in [1.82, 2.24) is 4.90 Å². The van der Waals surface area contributed by atoms with E-state index in [0.29, 0.717) is 55.6 Å². The van der Waals surface area contributed by atoms with Gasteiger partial charge in [-0.25, -0.2) is 0 Å². The highest BCUT2D eigenvalue weighted by atomic mass is 16.5. The molecule has 2 aromatic rings. The van der Waals surface area contributed by atoms with Crippen LogP contribution in [-0.2, 0) is 9.53 Å². The van der Waals surface area contributed by atoms with Gasteiger partial charge in [0, 0.05) is 20.3 Å². The lowest BCUT2D eigenvalue weighted by Gasteiger charge is -2.27. The predicted molar refractivity (Wildman–Crippen MR) is 117 cm³/mol. The zero-order valence-corrected chi connectivity index (χ0v) is 18.8. The minimum atomic E-state index is -0.799. The van der Waals surface area contributed by atoms with Gasteiger partial charge in [-0.3, -0.25) is 9.59 Å². The largest absolute Gasteiger partial charge is 0.503 e. The zero-order chi connectivity index (χ0) is 23.3. The van der Waals surface area contributed by atoms with Gasteiger partial charge in [-0.05, 0) is 57.0 Å². The average Bonchev–Trinajstić information content (AvgIpc) is 3.32. The number of aliphatic hydroxyl groups excluding tert-OH is 1. The second-order valence-electron chi connectivity index (χ2n) is 7.32. The molecule has 0 radical (unpaired) electrons. The smallest absolute Gasteiger partial charge is 0.290 e. The summed E-state index contributed by atoms with van der Waals surface area (Å²) < 4.78 is 22.0. The van der Waals surface area contributed by atoms with Crippen LogP contribution in [0.15, 0.2) is 46.1 Å². The van der Waals surface area contributed by atoms with Crippen molar-refractivity contribution in [2.45, 2.75) is 33.2 Å². The highest BCUT2D eigenvalue weighted by Crippen LogP contribution is 2.42. The van der Waals surface area contributed by atoms with E-state index < -0.39 is 23.5 Å². The Kier molecular flexibility index (Phi) is 7.58. The number of ketones is 1. The highest BCUT2D eigenvalue weighted by molar-refractivity contribution is 6.15. The number of carbonyl (C=O) groups excluding carboxylic acids is 2. The summed E-state index contributed by atoms with van der Waals surface area (Å²) in [4.78, 5) is 27.7. The fourth-order valence-corrected chi connectivity index (χ4v) is 3.77. The molecule has 0 aliphatic carbocycles. The van der Waals surface area contributed by atoms with E-state index in [2.05, 4.69) is 0 Å². The number of hydrogen-bond acceptors (Lipinski definition) is 7. The van der Waals surface area contributed by atoms with E-state index >= 15 is 0 Å². The van der Waals surface area contributed by atoms with Gasteiger partial charge in [0.15, 0.2) is 23.0 Å². The van der Waals surface area contributed by atoms with Gasteiger partial charge >= 0.3 is 0 Å². The van der Waals surface area contributed by atoms with Gasteiger partial charge in [-0.2, -0.15) is 0 Å². The van der Waals surface area contributed by atoms with Gasteiger partial charge in [0.25, 0.3) is 5.91 Å². The molecule has 3 rings (SSSR count). The Hall–Kier alpha value is -3.26. The van der Waals surface area contributed by atoms with E-state index in [1.54, 1.807) is 38.3 Å². The Balaban J connectivity index is 2.08. The molecule has 8 heteroatoms. The molecule has 0 bridgehead atoms. The van der Waals surface area contributed by atoms with Crippen LogP contribution in [-0.4, -0.2) is 55.2 Å². The summed E-state index contributed by atoms with van der Waals surface area (Å²) >= 11 is 0. The number of Topliss-reactive ketones (excluding diaryl/α,β-unsaturated/α-hetero) is 1. The van der Waals surface area contributed by atoms with E-state index in [4.69, 9.17) is 18.6 Å². The predicted octanol–water partition coefficient (Wildman–Crippen LogP) is 4.00. The fraction of sp³-hybridized carbons (Fsp3) is 0.417. The Morgan fingerprint density at radius 3 is 2.47 bits per heavy atom. The number of aryl methyl sites for hydroxylation is 1. The van der Waals surface area contributed by atoms with Crippen LogP contribution >= 0.6 is 0 Å². The second-order valence-corrected chi connectivity index (χ2v) is 7.32. The lowest BCUT2D eigenvalue weighted by Crippen LogP contribution is -2.32. The monoisotopic (exact) mass is 443 g/mol. The van der Waals surface area contributed by atoms with Crippen LogP contribution in [0.5, 0.6) is 11.5 Å². The first-order valence-corrected chi connectivity index (χ1v) is 10.7. The van der Waals surface area contributed by atoms with Crippen molar-refractivity contribution >= 4 is 11.7 Å². The van der Waals surface area contributed by atoms with Crippen molar-refractivity contribution in [2.24, 2.45) is 0 Å². The fourth-order valence-electron chi connectivity index (χ4n) is 3.77. The van der Waals surface area contributed by atoms with E-state index in [9.17, 15) is 14.7 Å². The van der Waals surface area contributed by atoms with Crippen LogP contribution in [0.25, 0.3) is 0 Å². The number of methoxy groups -OCH3 is 1. The molecule has 1 N–H and O–H groups in total. The van der Waals surface area contributed by atoms with Crippen molar-refractivity contribution in [3.63, 3.8) is 0 Å². The SMILES string of the molecule is CCOc1ccc(C2C(C(=O)c3ccc(C)o3)=C(O)C(=O)N2CCCOC)cc1OCC. The highest BCUT2D eigenvalue weighted by Gasteiger charge is 2.44. The maximum absolute atomic E-state index is 13.3. The molecule has 1 aromatic carbocycles. The molecule has 0 spiro atoms. The molecule has 0 fully saturated rings. The summed E-state index contributed by atoms with van der Waals surface area (Å²) in [6.07, 6.45) is 0.544. The van der Waals surface area contributed by atoms with Crippen LogP contribution in [0.2, 0.25) is 0 Å². The Morgan fingerprint density at radius 1 is 1.12 bits per heavy atom. The number of nitrogens with zero attached hydrogens (tertiary/aromatic N) is 1. The van der Waals surface area contributed by atoms with Crippen LogP contribution < -0.4 is 9.47 Å². The maximum atomic E-state index is 13.3. The minimum absolute atomic E-state index is 0.0200. The summed E-state index contributed by atoms with van der Waals surface area (Å²) in [5, 5.41) is 10.7. The Morgan fingerprint density at radius 2 is 1.84 bits per heavy atom. The first-order valence-electron chi connectivity index (χ1n) is 10.7. The zero-order valence-electron chi connectivity index (χ0n) is 18.8. The topological polar surface area (TPSA) is 98.4 Å². The van der Waals surface area contributed by atoms with Crippen LogP contribution in [0.4, 0.5) is 0 Å². The van der Waals surface area contributed by atoms with Gasteiger partial charge in [0.05, 0.1) is 24.8 Å². The van der Waals surface area contributed by atoms with Gasteiger partial charge in [0.1, 0.15) is 5.76 Å². The first kappa shape index (κ1) is 23.4. The number of carbonyl (C=O) groups is 2. The van der Waals surface area contributed by atoms with Gasteiger partial charge in [-0.15, -0.1) is 0 Å². The lowest BCUT2D eigenvalue weighted by molar-refractivity contribution is -0.129. The van der Waals surface area contributed by atoms with Crippen molar-refractivity contribution in [2.75, 3.05) is 33.5 Å². The summed E-state index contributed by atoms with van der Waals surface area (Å²) in [6.45, 7) is 7.08. The third-order valence-corrected chi connectivity index (χ3v) is 5.14. The van der Waals surface area contributed by atoms with Gasteiger partial charge < -0.3 is 28.6 Å². The number of benzene rings is 1. The van der Waals surface area contributed by atoms with Crippen molar-refractivity contribution in [1.29, 1.82) is 0 Å². The average molecular weight is 443 g/mol. The quantitative estimate of drug-likeness (QED) is 0.414. The molecule has 32 heavy (non-hydrogen) atoms. The molecule has 172 valence electrons. The van der Waals surface area contributed by atoms with Crippen LogP contribution in [0, 0.1) is 6.92 Å². The summed E-state index contributed by atoms with van der Waals surface area (Å²) in [6, 6.07) is 7.67. The molecule has 1 aliphatic rings. The number of amides is 1. The molecule has 1 aliphatic heterocycles. The second kappa shape index (κ2) is 10.4. The van der Waals surface area contributed by atoms with Crippen LogP contribution in [0.1, 0.15) is 48.2 Å². The molecular formula is C24H29NO7. The minimum Gasteiger partial charge on any atom is -0.503 e. The Bertz CT molecular complexity index is 1010. The van der Waals surface area contributed by atoms with E-state index in [1.807, 2.05) is 13.8 Å². The van der Waals surface area contributed by atoms with Gasteiger partial charge in [-0.1, -0.05) is 6.07 Å². The maximum Gasteiger partial charge on any atom is 0.290 e. The van der Waals surface area contributed by atoms with Gasteiger partial charge in [0.2, 0.25) is 5.78 Å². The standard InChI is InChI=1S/C24H29NO7/c1-5-30-17-11-9-16(14-19(17)31-6-2)21-20(22(26)18-10-8-15(3)32-18)23(27)24(28)25(21)12-7-13-29-4/h8-11,14,21,27H,5-7,12-13H2,1-4H3. The number of furan rings is 1.